The molecule has 66 valence electrons. The molecular formula is C7H9IN2O2. The number of halogens is 1. The number of carbonyl (C=O) groups is 1. The van der Waals surface area contributed by atoms with Crippen LogP contribution in [-0.2, 0) is 11.3 Å². The van der Waals surface area contributed by atoms with Gasteiger partial charge in [0, 0.05) is 11.8 Å². The monoisotopic (exact) mass is 280 g/mol. The topological polar surface area (TPSA) is 55.1 Å². The van der Waals surface area contributed by atoms with Gasteiger partial charge in [0.2, 0.25) is 0 Å². The Morgan fingerprint density at radius 2 is 2.50 bits per heavy atom. The van der Waals surface area contributed by atoms with Crippen LogP contribution < -0.4 is 0 Å². The third kappa shape index (κ3) is 2.47. The van der Waals surface area contributed by atoms with E-state index in [1.807, 2.05) is 13.1 Å². The summed E-state index contributed by atoms with van der Waals surface area (Å²) in [5, 5.41) is 12.5. The molecule has 4 nitrogen and oxygen atoms in total. The Morgan fingerprint density at radius 1 is 1.83 bits per heavy atom. The van der Waals surface area contributed by atoms with Gasteiger partial charge in [-0.05, 0) is 29.5 Å². The first-order valence-corrected chi connectivity index (χ1v) is 4.59. The number of nitrogens with zero attached hydrogens (tertiary/aromatic N) is 2. The highest BCUT2D eigenvalue weighted by Gasteiger charge is 2.02. The normalized spacial score (nSPS) is 10.2. The van der Waals surface area contributed by atoms with Gasteiger partial charge in [-0.25, -0.2) is 0 Å². The molecule has 0 atom stereocenters. The van der Waals surface area contributed by atoms with Gasteiger partial charge in [-0.15, -0.1) is 0 Å². The van der Waals surface area contributed by atoms with Crippen molar-refractivity contribution in [2.75, 3.05) is 0 Å². The van der Waals surface area contributed by atoms with Gasteiger partial charge in [0.05, 0.1) is 13.0 Å². The predicted octanol–water partition coefficient (Wildman–Crippen LogP) is 1.27. The van der Waals surface area contributed by atoms with Gasteiger partial charge in [0.1, 0.15) is 3.70 Å². The van der Waals surface area contributed by atoms with Gasteiger partial charge >= 0.3 is 5.97 Å². The van der Waals surface area contributed by atoms with Crippen LogP contribution in [0.3, 0.4) is 0 Å². The number of hydrogen-bond donors (Lipinski definition) is 1. The van der Waals surface area contributed by atoms with Crippen molar-refractivity contribution in [1.82, 2.24) is 9.78 Å². The van der Waals surface area contributed by atoms with Gasteiger partial charge in [-0.1, -0.05) is 0 Å². The number of aliphatic carboxylic acids is 1. The molecule has 1 aromatic rings. The molecule has 5 heteroatoms. The molecule has 0 saturated heterocycles. The lowest BCUT2D eigenvalue weighted by atomic mass is 10.4. The van der Waals surface area contributed by atoms with Crippen LogP contribution >= 0.6 is 22.6 Å². The maximum Gasteiger partial charge on any atom is 0.305 e. The Balaban J connectivity index is 2.58. The van der Waals surface area contributed by atoms with Gasteiger partial charge in [0.25, 0.3) is 0 Å². The summed E-state index contributed by atoms with van der Waals surface area (Å²) in [6.45, 7) is 2.39. The van der Waals surface area contributed by atoms with Crippen molar-refractivity contribution < 1.29 is 9.90 Å². The number of aromatic nitrogens is 2. The molecule has 1 N–H and O–H groups in total. The number of rotatable bonds is 3. The lowest BCUT2D eigenvalue weighted by Crippen LogP contribution is -2.04. The Morgan fingerprint density at radius 3 is 2.92 bits per heavy atom. The van der Waals surface area contributed by atoms with Crippen LogP contribution in [-0.4, -0.2) is 20.9 Å². The molecule has 0 aliphatic rings. The molecule has 0 aromatic carbocycles. The van der Waals surface area contributed by atoms with Crippen LogP contribution in [0, 0.1) is 10.6 Å². The maximum absolute atomic E-state index is 10.2. The van der Waals surface area contributed by atoms with E-state index < -0.39 is 5.97 Å². The molecule has 0 aliphatic heterocycles. The third-order valence-corrected chi connectivity index (χ3v) is 2.51. The summed E-state index contributed by atoms with van der Waals surface area (Å²) in [6.07, 6.45) is 1.97. The fraction of sp³-hybridized carbons (Fsp3) is 0.429. The molecule has 1 aromatic heterocycles. The first-order valence-electron chi connectivity index (χ1n) is 3.51. The summed E-state index contributed by atoms with van der Waals surface area (Å²) >= 11 is 2.12. The van der Waals surface area contributed by atoms with E-state index in [1.165, 1.54) is 0 Å². The SMILES string of the molecule is Cc1cn(CCC(=O)O)nc1I. The molecule has 0 spiro atoms. The number of hydrogen-bond acceptors (Lipinski definition) is 2. The maximum atomic E-state index is 10.2. The zero-order valence-corrected chi connectivity index (χ0v) is 8.78. The van der Waals surface area contributed by atoms with Crippen molar-refractivity contribution in [3.8, 4) is 0 Å². The van der Waals surface area contributed by atoms with Crippen LogP contribution in [0.4, 0.5) is 0 Å². The fourth-order valence-electron chi connectivity index (χ4n) is 0.822. The average molecular weight is 280 g/mol. The van der Waals surface area contributed by atoms with Crippen molar-refractivity contribution in [2.45, 2.75) is 19.9 Å². The first kappa shape index (κ1) is 9.50. The largest absolute Gasteiger partial charge is 0.481 e. The van der Waals surface area contributed by atoms with Gasteiger partial charge < -0.3 is 5.11 Å². The van der Waals surface area contributed by atoms with Gasteiger partial charge in [-0.3, -0.25) is 9.48 Å². The van der Waals surface area contributed by atoms with E-state index in [2.05, 4.69) is 27.7 Å². The first-order chi connectivity index (χ1) is 5.59. The highest BCUT2D eigenvalue weighted by molar-refractivity contribution is 14.1. The second-order valence-corrected chi connectivity index (χ2v) is 3.53. The summed E-state index contributed by atoms with van der Waals surface area (Å²) in [5.41, 5.74) is 1.08. The lowest BCUT2D eigenvalue weighted by Gasteiger charge is -1.95. The van der Waals surface area contributed by atoms with Crippen molar-refractivity contribution >= 4 is 28.6 Å². The average Bonchev–Trinajstić information content (AvgIpc) is 2.28. The van der Waals surface area contributed by atoms with Crippen molar-refractivity contribution in [2.24, 2.45) is 0 Å². The number of carboxylic acids is 1. The molecule has 12 heavy (non-hydrogen) atoms. The zero-order chi connectivity index (χ0) is 9.14. The predicted molar refractivity (Wildman–Crippen MR) is 51.9 cm³/mol. The quantitative estimate of drug-likeness (QED) is 0.848. The highest BCUT2D eigenvalue weighted by Crippen LogP contribution is 2.07. The van der Waals surface area contributed by atoms with E-state index in [0.29, 0.717) is 6.54 Å². The van der Waals surface area contributed by atoms with E-state index >= 15 is 0 Å². The van der Waals surface area contributed by atoms with Crippen molar-refractivity contribution in [3.63, 3.8) is 0 Å². The number of carboxylic acid groups (broad SMARTS) is 1. The Bertz CT molecular complexity index is 276. The van der Waals surface area contributed by atoms with E-state index in [1.54, 1.807) is 4.68 Å². The van der Waals surface area contributed by atoms with Crippen LogP contribution in [0.1, 0.15) is 12.0 Å². The summed E-state index contributed by atoms with van der Waals surface area (Å²) in [6, 6.07) is 0. The van der Waals surface area contributed by atoms with Crippen LogP contribution in [0.15, 0.2) is 6.20 Å². The number of aryl methyl sites for hydroxylation is 2. The molecule has 0 aliphatic carbocycles. The Hall–Kier alpha value is -0.590. The van der Waals surface area contributed by atoms with Crippen molar-refractivity contribution in [1.29, 1.82) is 0 Å². The molecule has 0 unspecified atom stereocenters. The molecule has 1 rings (SSSR count). The van der Waals surface area contributed by atoms with E-state index in [-0.39, 0.29) is 6.42 Å². The van der Waals surface area contributed by atoms with Gasteiger partial charge in [0.15, 0.2) is 0 Å². The van der Waals surface area contributed by atoms with Crippen molar-refractivity contribution in [3.05, 3.63) is 15.5 Å². The summed E-state index contributed by atoms with van der Waals surface area (Å²) in [5.74, 6) is -0.793. The minimum Gasteiger partial charge on any atom is -0.481 e. The van der Waals surface area contributed by atoms with Crippen LogP contribution in [0.25, 0.3) is 0 Å². The molecule has 0 radical (unpaired) electrons. The summed E-state index contributed by atoms with van der Waals surface area (Å²) < 4.78 is 2.59. The second kappa shape index (κ2) is 3.88. The van der Waals surface area contributed by atoms with Crippen LogP contribution in [0.5, 0.6) is 0 Å². The molecule has 0 bridgehead atoms. The zero-order valence-electron chi connectivity index (χ0n) is 6.62. The lowest BCUT2D eigenvalue weighted by molar-refractivity contribution is -0.137. The third-order valence-electron chi connectivity index (χ3n) is 1.44. The minimum atomic E-state index is -0.793. The molecular weight excluding hydrogens is 271 g/mol. The van der Waals surface area contributed by atoms with E-state index in [0.717, 1.165) is 9.26 Å². The smallest absolute Gasteiger partial charge is 0.305 e. The Labute approximate surface area is 83.7 Å². The molecule has 1 heterocycles. The summed E-state index contributed by atoms with van der Waals surface area (Å²) in [7, 11) is 0. The van der Waals surface area contributed by atoms with E-state index in [9.17, 15) is 4.79 Å². The Kier molecular flexibility index (Phi) is 3.07. The molecule has 0 amide bonds. The summed E-state index contributed by atoms with van der Waals surface area (Å²) in [4.78, 5) is 10.2. The van der Waals surface area contributed by atoms with E-state index in [4.69, 9.17) is 5.11 Å². The van der Waals surface area contributed by atoms with Gasteiger partial charge in [-0.2, -0.15) is 5.10 Å². The molecule has 0 fully saturated rings. The minimum absolute atomic E-state index is 0.122. The highest BCUT2D eigenvalue weighted by atomic mass is 127. The standard InChI is InChI=1S/C7H9IN2O2/c1-5-4-10(9-7(5)8)3-2-6(11)12/h4H,2-3H2,1H3,(H,11,12). The molecule has 0 saturated carbocycles. The van der Waals surface area contributed by atoms with Crippen LogP contribution in [0.2, 0.25) is 0 Å². The second-order valence-electron chi connectivity index (χ2n) is 2.51. The fourth-order valence-corrected chi connectivity index (χ4v) is 1.24.